The lowest BCUT2D eigenvalue weighted by molar-refractivity contribution is -0.141. The largest absolute Gasteiger partial charge is 0.465 e. The molecule has 0 radical (unpaired) electrons. The average molecular weight is 509 g/mol. The number of imide groups is 1. The summed E-state index contributed by atoms with van der Waals surface area (Å²) in [4.78, 5) is 49.5. The number of hydrogen-bond donors (Lipinski definition) is 1. The van der Waals surface area contributed by atoms with Crippen LogP contribution in [0.15, 0.2) is 46.9 Å². The Morgan fingerprint density at radius 2 is 2.00 bits per heavy atom. The van der Waals surface area contributed by atoms with Gasteiger partial charge in [-0.2, -0.15) is 0 Å². The van der Waals surface area contributed by atoms with Gasteiger partial charge in [0.1, 0.15) is 12.4 Å². The zero-order valence-corrected chi connectivity index (χ0v) is 18.8. The first-order valence-corrected chi connectivity index (χ1v) is 11.0. The lowest BCUT2D eigenvalue weighted by Gasteiger charge is -2.23. The Kier molecular flexibility index (Phi) is 7.45. The fourth-order valence-corrected chi connectivity index (χ4v) is 4.22. The van der Waals surface area contributed by atoms with E-state index in [-0.39, 0.29) is 30.2 Å². The molecule has 0 bridgehead atoms. The molecule has 0 spiro atoms. The van der Waals surface area contributed by atoms with Crippen molar-refractivity contribution < 1.29 is 28.3 Å². The number of hydrogen-bond acceptors (Lipinski definition) is 6. The van der Waals surface area contributed by atoms with Gasteiger partial charge in [-0.25, -0.2) is 4.39 Å². The molecule has 0 aliphatic carbocycles. The number of nitrogens with zero attached hydrogens (tertiary/aromatic N) is 1. The number of ether oxygens (including phenoxy) is 1. The summed E-state index contributed by atoms with van der Waals surface area (Å²) in [5.74, 6) is -2.34. The lowest BCUT2D eigenvalue weighted by atomic mass is 10.0. The van der Waals surface area contributed by atoms with Crippen LogP contribution in [0.1, 0.15) is 22.8 Å². The van der Waals surface area contributed by atoms with Crippen molar-refractivity contribution in [2.75, 3.05) is 18.1 Å². The van der Waals surface area contributed by atoms with Gasteiger partial charge in [0, 0.05) is 10.0 Å². The van der Waals surface area contributed by atoms with Crippen LogP contribution in [0, 0.1) is 5.82 Å². The first-order chi connectivity index (χ1) is 14.8. The van der Waals surface area contributed by atoms with Crippen LogP contribution in [0.3, 0.4) is 0 Å². The number of amides is 3. The molecule has 3 rings (SSSR count). The fourth-order valence-electron chi connectivity index (χ4n) is 3.03. The van der Waals surface area contributed by atoms with Gasteiger partial charge in [-0.15, -0.1) is 0 Å². The van der Waals surface area contributed by atoms with Crippen LogP contribution in [-0.2, 0) is 20.7 Å². The van der Waals surface area contributed by atoms with Crippen molar-refractivity contribution in [3.05, 3.63) is 63.9 Å². The van der Waals surface area contributed by atoms with E-state index in [9.17, 15) is 23.6 Å². The molecule has 2 aromatic rings. The standard InChI is InChI=1S/C21H18BrFN2O5S/c1-2-30-18(26)11-25(16-7-6-14(22)10-15(16)23)20(28)13-5-3-4-12(8-13)9-17-19(27)24-21(29)31-17/h3-8,10,17H,2,9,11H2,1H3,(H,24,27,29). The molecule has 162 valence electrons. The van der Waals surface area contributed by atoms with E-state index in [4.69, 9.17) is 4.74 Å². The lowest BCUT2D eigenvalue weighted by Crippen LogP contribution is -2.37. The normalized spacial score (nSPS) is 15.5. The summed E-state index contributed by atoms with van der Waals surface area (Å²) in [7, 11) is 0. The molecule has 1 aliphatic heterocycles. The van der Waals surface area contributed by atoms with Gasteiger partial charge in [-0.3, -0.25) is 29.4 Å². The Bertz CT molecular complexity index is 1050. The van der Waals surface area contributed by atoms with Gasteiger partial charge in [0.15, 0.2) is 0 Å². The molecule has 1 aliphatic rings. The molecular weight excluding hydrogens is 491 g/mol. The minimum Gasteiger partial charge on any atom is -0.465 e. The second-order valence-electron chi connectivity index (χ2n) is 6.58. The Labute approximate surface area is 190 Å². The van der Waals surface area contributed by atoms with Gasteiger partial charge in [-0.1, -0.05) is 39.8 Å². The predicted molar refractivity (Wildman–Crippen MR) is 117 cm³/mol. The zero-order chi connectivity index (χ0) is 22.5. The van der Waals surface area contributed by atoms with E-state index in [1.165, 1.54) is 18.2 Å². The number of nitrogens with one attached hydrogen (secondary N) is 1. The third-order valence-corrected chi connectivity index (χ3v) is 5.87. The summed E-state index contributed by atoms with van der Waals surface area (Å²) in [5, 5.41) is 1.23. The molecule has 1 unspecified atom stereocenters. The molecule has 0 saturated carbocycles. The van der Waals surface area contributed by atoms with Crippen molar-refractivity contribution in [3.63, 3.8) is 0 Å². The zero-order valence-electron chi connectivity index (χ0n) is 16.4. The molecule has 10 heteroatoms. The minimum atomic E-state index is -0.680. The van der Waals surface area contributed by atoms with Crippen LogP contribution in [0.2, 0.25) is 0 Å². The van der Waals surface area contributed by atoms with E-state index in [1.807, 2.05) is 0 Å². The van der Waals surface area contributed by atoms with Crippen molar-refractivity contribution >= 4 is 56.4 Å². The van der Waals surface area contributed by atoms with Crippen LogP contribution in [0.4, 0.5) is 14.9 Å². The Balaban J connectivity index is 1.89. The monoisotopic (exact) mass is 508 g/mol. The molecule has 0 aromatic heterocycles. The quantitative estimate of drug-likeness (QED) is 0.573. The molecule has 1 saturated heterocycles. The fraction of sp³-hybridized carbons (Fsp3) is 0.238. The first-order valence-electron chi connectivity index (χ1n) is 9.31. The van der Waals surface area contributed by atoms with Crippen LogP contribution < -0.4 is 10.2 Å². The Hall–Kier alpha value is -2.72. The highest BCUT2D eigenvalue weighted by atomic mass is 79.9. The Morgan fingerprint density at radius 1 is 1.23 bits per heavy atom. The number of rotatable bonds is 7. The average Bonchev–Trinajstić information content (AvgIpc) is 3.03. The summed E-state index contributed by atoms with van der Waals surface area (Å²) in [6, 6.07) is 10.6. The number of carbonyl (C=O) groups excluding carboxylic acids is 4. The topological polar surface area (TPSA) is 92.8 Å². The van der Waals surface area contributed by atoms with Crippen LogP contribution in [0.25, 0.3) is 0 Å². The maximum absolute atomic E-state index is 14.6. The third kappa shape index (κ3) is 5.71. The highest BCUT2D eigenvalue weighted by Gasteiger charge is 2.32. The van der Waals surface area contributed by atoms with Crippen LogP contribution in [-0.4, -0.2) is 41.4 Å². The number of esters is 1. The van der Waals surface area contributed by atoms with Gasteiger partial charge in [-0.05, 0) is 49.2 Å². The molecule has 1 heterocycles. The van der Waals surface area contributed by atoms with E-state index >= 15 is 0 Å². The van der Waals surface area contributed by atoms with E-state index in [1.54, 1.807) is 31.2 Å². The van der Waals surface area contributed by atoms with Gasteiger partial charge < -0.3 is 4.74 Å². The van der Waals surface area contributed by atoms with Crippen molar-refractivity contribution in [2.24, 2.45) is 0 Å². The number of halogens is 2. The van der Waals surface area contributed by atoms with Crippen LogP contribution in [0.5, 0.6) is 0 Å². The van der Waals surface area contributed by atoms with Gasteiger partial charge in [0.05, 0.1) is 17.5 Å². The minimum absolute atomic E-state index is 0.0667. The number of thioether (sulfide) groups is 1. The summed E-state index contributed by atoms with van der Waals surface area (Å²) in [6.07, 6.45) is 0.244. The summed E-state index contributed by atoms with van der Waals surface area (Å²) in [5.41, 5.74) is 0.794. The maximum Gasteiger partial charge on any atom is 0.326 e. The smallest absolute Gasteiger partial charge is 0.326 e. The Morgan fingerprint density at radius 3 is 2.65 bits per heavy atom. The number of anilines is 1. The summed E-state index contributed by atoms with van der Waals surface area (Å²) >= 11 is 4.06. The highest BCUT2D eigenvalue weighted by Crippen LogP contribution is 2.26. The molecule has 31 heavy (non-hydrogen) atoms. The van der Waals surface area contributed by atoms with Crippen molar-refractivity contribution in [2.45, 2.75) is 18.6 Å². The third-order valence-electron chi connectivity index (χ3n) is 4.40. The van der Waals surface area contributed by atoms with Gasteiger partial charge >= 0.3 is 5.97 Å². The maximum atomic E-state index is 14.6. The van der Waals surface area contributed by atoms with Crippen molar-refractivity contribution in [3.8, 4) is 0 Å². The second kappa shape index (κ2) is 10.1. The summed E-state index contributed by atoms with van der Waals surface area (Å²) < 4.78 is 20.0. The van der Waals surface area contributed by atoms with Crippen molar-refractivity contribution in [1.29, 1.82) is 0 Å². The van der Waals surface area contributed by atoms with E-state index in [0.29, 0.717) is 10.0 Å². The summed E-state index contributed by atoms with van der Waals surface area (Å²) in [6.45, 7) is 1.29. The number of carbonyl (C=O) groups is 4. The van der Waals surface area contributed by atoms with Crippen LogP contribution >= 0.6 is 27.7 Å². The molecule has 1 fully saturated rings. The van der Waals surface area contributed by atoms with Gasteiger partial charge in [0.2, 0.25) is 5.91 Å². The van der Waals surface area contributed by atoms with Gasteiger partial charge in [0.25, 0.3) is 11.1 Å². The molecule has 7 nitrogen and oxygen atoms in total. The molecule has 2 aromatic carbocycles. The van der Waals surface area contributed by atoms with E-state index in [2.05, 4.69) is 21.2 Å². The van der Waals surface area contributed by atoms with E-state index in [0.717, 1.165) is 16.7 Å². The molecular formula is C21H18BrFN2O5S. The SMILES string of the molecule is CCOC(=O)CN(C(=O)c1cccc(CC2SC(=O)NC2=O)c1)c1ccc(Br)cc1F. The highest BCUT2D eigenvalue weighted by molar-refractivity contribution is 9.10. The molecule has 1 atom stereocenters. The molecule has 1 N–H and O–H groups in total. The first kappa shape index (κ1) is 23.0. The van der Waals surface area contributed by atoms with Crippen molar-refractivity contribution in [1.82, 2.24) is 5.32 Å². The number of benzene rings is 2. The molecule has 3 amide bonds. The van der Waals surface area contributed by atoms with E-state index < -0.39 is 34.7 Å². The predicted octanol–water partition coefficient (Wildman–Crippen LogP) is 3.69. The second-order valence-corrected chi connectivity index (χ2v) is 8.67.